The summed E-state index contributed by atoms with van der Waals surface area (Å²) in [5, 5.41) is 5.84. The third-order valence-corrected chi connectivity index (χ3v) is 5.54. The van der Waals surface area contributed by atoms with Gasteiger partial charge in [-0.15, -0.1) is 0 Å². The minimum Gasteiger partial charge on any atom is -0.370 e. The fourth-order valence-corrected chi connectivity index (χ4v) is 3.59. The van der Waals surface area contributed by atoms with Gasteiger partial charge in [0.1, 0.15) is 25.7 Å². The molecule has 1 atom stereocenters. The topological polar surface area (TPSA) is 59.4 Å². The summed E-state index contributed by atoms with van der Waals surface area (Å²) < 4.78 is 5.44. The highest BCUT2D eigenvalue weighted by Gasteiger charge is 2.16. The lowest BCUT2D eigenvalue weighted by Crippen LogP contribution is -3.12. The Bertz CT molecular complexity index is 761. The average Bonchev–Trinajstić information content (AvgIpc) is 2.72. The van der Waals surface area contributed by atoms with Crippen molar-refractivity contribution in [1.29, 1.82) is 0 Å². The zero-order valence-corrected chi connectivity index (χ0v) is 17.2. The first kappa shape index (κ1) is 20.8. The van der Waals surface area contributed by atoms with Gasteiger partial charge in [0.05, 0.1) is 13.2 Å². The summed E-state index contributed by atoms with van der Waals surface area (Å²) in [5.41, 5.74) is 3.66. The van der Waals surface area contributed by atoms with E-state index in [1.807, 2.05) is 35.6 Å². The van der Waals surface area contributed by atoms with E-state index >= 15 is 0 Å². The fraction of sp³-hybridized carbons (Fsp3) is 0.409. The van der Waals surface area contributed by atoms with Crippen molar-refractivity contribution < 1.29 is 19.7 Å². The van der Waals surface area contributed by atoms with E-state index in [0.29, 0.717) is 13.1 Å². The Morgan fingerprint density at radius 1 is 1.14 bits per heavy atom. The third kappa shape index (κ3) is 6.31. The number of morpholine rings is 1. The summed E-state index contributed by atoms with van der Waals surface area (Å²) in [7, 11) is 0. The maximum atomic E-state index is 12.3. The summed E-state index contributed by atoms with van der Waals surface area (Å²) in [6.07, 6.45) is 0. The molecule has 4 N–H and O–H groups in total. The van der Waals surface area contributed by atoms with Crippen LogP contribution in [0.4, 0.5) is 0 Å². The number of quaternary nitrogens is 2. The number of hydrogen-bond acceptors (Lipinski definition) is 2. The van der Waals surface area contributed by atoms with E-state index in [-0.39, 0.29) is 11.9 Å². The van der Waals surface area contributed by atoms with Gasteiger partial charge in [0.2, 0.25) is 0 Å². The second kappa shape index (κ2) is 10.6. The molecule has 0 bridgehead atoms. The Hall–Kier alpha value is -1.92. The van der Waals surface area contributed by atoms with Crippen molar-refractivity contribution in [1.82, 2.24) is 5.32 Å². The fourth-order valence-electron chi connectivity index (χ4n) is 3.46. The Labute approximate surface area is 172 Å². The largest absolute Gasteiger partial charge is 0.370 e. The SMILES string of the molecule is C[C@H]([NH2+]CC(=O)NCc1ccccc1C[NH+]1CCOCC1)c1ccc(Cl)cc1. The molecular weight excluding hydrogens is 374 g/mol. The molecule has 2 aromatic carbocycles. The number of ether oxygens (including phenoxy) is 1. The van der Waals surface area contributed by atoms with Crippen LogP contribution in [0, 0.1) is 0 Å². The van der Waals surface area contributed by atoms with Crippen LogP contribution >= 0.6 is 11.6 Å². The summed E-state index contributed by atoms with van der Waals surface area (Å²) >= 11 is 5.94. The van der Waals surface area contributed by atoms with Crippen LogP contribution in [0.15, 0.2) is 48.5 Å². The summed E-state index contributed by atoms with van der Waals surface area (Å²) in [5.74, 6) is 0.0503. The Morgan fingerprint density at radius 2 is 1.82 bits per heavy atom. The quantitative estimate of drug-likeness (QED) is 0.607. The number of rotatable bonds is 8. The number of amides is 1. The average molecular weight is 404 g/mol. The van der Waals surface area contributed by atoms with Gasteiger partial charge in [0.15, 0.2) is 6.54 Å². The molecule has 1 fully saturated rings. The number of nitrogens with one attached hydrogen (secondary N) is 2. The van der Waals surface area contributed by atoms with Gasteiger partial charge in [-0.3, -0.25) is 4.79 Å². The van der Waals surface area contributed by atoms with Gasteiger partial charge >= 0.3 is 0 Å². The lowest BCUT2D eigenvalue weighted by Gasteiger charge is -2.24. The Morgan fingerprint density at radius 3 is 2.54 bits per heavy atom. The van der Waals surface area contributed by atoms with Gasteiger partial charge in [0, 0.05) is 22.7 Å². The van der Waals surface area contributed by atoms with Crippen molar-refractivity contribution in [3.05, 3.63) is 70.2 Å². The molecule has 1 aliphatic rings. The van der Waals surface area contributed by atoms with E-state index < -0.39 is 0 Å². The van der Waals surface area contributed by atoms with Gasteiger partial charge in [-0.1, -0.05) is 48.0 Å². The Kier molecular flexibility index (Phi) is 7.86. The highest BCUT2D eigenvalue weighted by molar-refractivity contribution is 6.30. The molecular formula is C22H30ClN3O2+2. The Balaban J connectivity index is 1.47. The number of hydrogen-bond donors (Lipinski definition) is 3. The molecule has 150 valence electrons. The van der Waals surface area contributed by atoms with E-state index in [9.17, 15) is 4.79 Å². The van der Waals surface area contributed by atoms with Crippen molar-refractivity contribution in [2.24, 2.45) is 0 Å². The smallest absolute Gasteiger partial charge is 0.275 e. The number of nitrogens with two attached hydrogens (primary N) is 1. The van der Waals surface area contributed by atoms with Gasteiger partial charge in [-0.2, -0.15) is 0 Å². The van der Waals surface area contributed by atoms with Crippen molar-refractivity contribution in [2.45, 2.75) is 26.1 Å². The number of benzene rings is 2. The van der Waals surface area contributed by atoms with E-state index in [1.165, 1.54) is 16.0 Å². The van der Waals surface area contributed by atoms with E-state index in [1.54, 1.807) is 0 Å². The third-order valence-electron chi connectivity index (χ3n) is 5.29. The molecule has 5 nitrogen and oxygen atoms in total. The van der Waals surface area contributed by atoms with Gasteiger partial charge in [-0.25, -0.2) is 0 Å². The van der Waals surface area contributed by atoms with Crippen LogP contribution in [-0.4, -0.2) is 38.8 Å². The monoisotopic (exact) mass is 403 g/mol. The normalized spacial score (nSPS) is 15.9. The van der Waals surface area contributed by atoms with Crippen LogP contribution in [0.5, 0.6) is 0 Å². The first-order valence-corrected chi connectivity index (χ1v) is 10.3. The molecule has 1 amide bonds. The van der Waals surface area contributed by atoms with Crippen LogP contribution in [0.25, 0.3) is 0 Å². The first-order chi connectivity index (χ1) is 13.6. The minimum absolute atomic E-state index is 0.0503. The van der Waals surface area contributed by atoms with Crippen LogP contribution in [0.1, 0.15) is 29.7 Å². The van der Waals surface area contributed by atoms with Crippen LogP contribution in [0.2, 0.25) is 5.02 Å². The van der Waals surface area contributed by atoms with Crippen LogP contribution in [0.3, 0.4) is 0 Å². The number of carbonyl (C=O) groups excluding carboxylic acids is 1. The molecule has 3 rings (SSSR count). The van der Waals surface area contributed by atoms with Crippen LogP contribution < -0.4 is 15.5 Å². The molecule has 0 saturated carbocycles. The number of carbonyl (C=O) groups is 1. The van der Waals surface area contributed by atoms with Crippen molar-refractivity contribution in [3.8, 4) is 0 Å². The molecule has 1 aliphatic heterocycles. The molecule has 0 radical (unpaired) electrons. The minimum atomic E-state index is 0.0503. The highest BCUT2D eigenvalue weighted by Crippen LogP contribution is 2.13. The molecule has 2 aromatic rings. The molecule has 6 heteroatoms. The van der Waals surface area contributed by atoms with Crippen molar-refractivity contribution in [3.63, 3.8) is 0 Å². The predicted molar refractivity (Wildman–Crippen MR) is 110 cm³/mol. The second-order valence-corrected chi connectivity index (χ2v) is 7.80. The van der Waals surface area contributed by atoms with Gasteiger partial charge < -0.3 is 20.3 Å². The van der Waals surface area contributed by atoms with E-state index in [4.69, 9.17) is 16.3 Å². The molecule has 1 heterocycles. The molecule has 0 spiro atoms. The second-order valence-electron chi connectivity index (χ2n) is 7.36. The van der Waals surface area contributed by atoms with Crippen molar-refractivity contribution in [2.75, 3.05) is 32.8 Å². The molecule has 0 aromatic heterocycles. The van der Waals surface area contributed by atoms with Gasteiger partial charge in [-0.05, 0) is 24.6 Å². The van der Waals surface area contributed by atoms with Gasteiger partial charge in [0.25, 0.3) is 5.91 Å². The highest BCUT2D eigenvalue weighted by atomic mass is 35.5. The predicted octanol–water partition coefficient (Wildman–Crippen LogP) is 0.696. The van der Waals surface area contributed by atoms with Crippen molar-refractivity contribution >= 4 is 17.5 Å². The summed E-state index contributed by atoms with van der Waals surface area (Å²) in [6.45, 7) is 7.79. The molecule has 0 unspecified atom stereocenters. The molecule has 1 saturated heterocycles. The summed E-state index contributed by atoms with van der Waals surface area (Å²) in [6, 6.07) is 16.4. The lowest BCUT2D eigenvalue weighted by atomic mass is 10.1. The maximum absolute atomic E-state index is 12.3. The zero-order valence-electron chi connectivity index (χ0n) is 16.4. The zero-order chi connectivity index (χ0) is 19.8. The molecule has 28 heavy (non-hydrogen) atoms. The first-order valence-electron chi connectivity index (χ1n) is 9.95. The van der Waals surface area contributed by atoms with Crippen LogP contribution in [-0.2, 0) is 22.6 Å². The molecule has 0 aliphatic carbocycles. The van der Waals surface area contributed by atoms with E-state index in [2.05, 4.69) is 30.4 Å². The maximum Gasteiger partial charge on any atom is 0.275 e. The summed E-state index contributed by atoms with van der Waals surface area (Å²) in [4.78, 5) is 13.9. The number of halogens is 1. The van der Waals surface area contributed by atoms with E-state index in [0.717, 1.165) is 43.4 Å². The standard InChI is InChI=1S/C22H28ClN3O2/c1-17(18-6-8-21(23)9-7-18)24-15-22(27)25-14-19-4-2-3-5-20(19)16-26-10-12-28-13-11-26/h2-9,17,24H,10-16H2,1H3,(H,25,27)/p+2/t17-/m0/s1. The lowest BCUT2D eigenvalue weighted by molar-refractivity contribution is -0.921.